The van der Waals surface area contributed by atoms with Crippen LogP contribution in [0.1, 0.15) is 20.8 Å². The van der Waals surface area contributed by atoms with Crippen molar-refractivity contribution in [2.24, 2.45) is 0 Å². The number of carboxylic acid groups (broad SMARTS) is 1. The van der Waals surface area contributed by atoms with Gasteiger partial charge < -0.3 is 14.9 Å². The van der Waals surface area contributed by atoms with Gasteiger partial charge in [0.05, 0.1) is 11.3 Å². The van der Waals surface area contributed by atoms with Gasteiger partial charge in [0.15, 0.2) is 11.5 Å². The maximum atomic E-state index is 12.9. The van der Waals surface area contributed by atoms with Crippen LogP contribution in [0.25, 0.3) is 11.3 Å². The van der Waals surface area contributed by atoms with Gasteiger partial charge in [0, 0.05) is 16.1 Å². The van der Waals surface area contributed by atoms with Crippen molar-refractivity contribution in [1.29, 1.82) is 0 Å². The van der Waals surface area contributed by atoms with E-state index in [9.17, 15) is 19.1 Å². The van der Waals surface area contributed by atoms with Gasteiger partial charge in [-0.1, -0.05) is 21.1 Å². The Kier molecular flexibility index (Phi) is 4.62. The summed E-state index contributed by atoms with van der Waals surface area (Å²) in [5, 5.41) is 15.4. The number of halogens is 2. The zero-order valence-electron chi connectivity index (χ0n) is 12.5. The predicted octanol–water partition coefficient (Wildman–Crippen LogP) is 4.19. The number of hydrogen-bond donors (Lipinski definition) is 2. The second-order valence-corrected chi connectivity index (χ2v) is 5.95. The van der Waals surface area contributed by atoms with Crippen LogP contribution >= 0.6 is 15.9 Å². The van der Waals surface area contributed by atoms with Crippen LogP contribution in [-0.2, 0) is 0 Å². The molecule has 8 heteroatoms. The molecule has 25 heavy (non-hydrogen) atoms. The number of rotatable bonds is 4. The zero-order valence-corrected chi connectivity index (χ0v) is 14.1. The lowest BCUT2D eigenvalue weighted by Gasteiger charge is -2.07. The molecule has 1 heterocycles. The van der Waals surface area contributed by atoms with Crippen molar-refractivity contribution in [3.05, 3.63) is 70.1 Å². The van der Waals surface area contributed by atoms with Gasteiger partial charge in [0.25, 0.3) is 5.91 Å². The van der Waals surface area contributed by atoms with Crippen LogP contribution in [0.4, 0.5) is 10.1 Å². The molecule has 0 spiro atoms. The molecule has 1 aromatic heterocycles. The highest BCUT2D eigenvalue weighted by Crippen LogP contribution is 2.24. The summed E-state index contributed by atoms with van der Waals surface area (Å²) in [6.07, 6.45) is 0. The lowest BCUT2D eigenvalue weighted by molar-refractivity contribution is 0.0698. The third-order valence-electron chi connectivity index (χ3n) is 3.33. The number of aromatic carboxylic acids is 1. The van der Waals surface area contributed by atoms with Gasteiger partial charge in [-0.3, -0.25) is 4.79 Å². The van der Waals surface area contributed by atoms with Crippen molar-refractivity contribution in [2.75, 3.05) is 5.32 Å². The maximum Gasteiger partial charge on any atom is 0.337 e. The molecule has 0 aliphatic carbocycles. The first-order chi connectivity index (χ1) is 11.9. The largest absolute Gasteiger partial charge is 0.478 e. The molecular weight excluding hydrogens is 395 g/mol. The number of benzene rings is 2. The summed E-state index contributed by atoms with van der Waals surface area (Å²) in [5.74, 6) is -1.90. The minimum Gasteiger partial charge on any atom is -0.478 e. The van der Waals surface area contributed by atoms with Crippen molar-refractivity contribution in [3.63, 3.8) is 0 Å². The minimum absolute atomic E-state index is 0.0291. The molecule has 0 aliphatic heterocycles. The maximum absolute atomic E-state index is 12.9. The number of nitrogens with zero attached hydrogens (tertiary/aromatic N) is 1. The Balaban J connectivity index is 1.83. The number of carbonyl (C=O) groups is 2. The van der Waals surface area contributed by atoms with E-state index in [1.807, 2.05) is 0 Å². The Morgan fingerprint density at radius 2 is 1.84 bits per heavy atom. The molecule has 1 amide bonds. The van der Waals surface area contributed by atoms with Crippen LogP contribution in [0.15, 0.2) is 57.5 Å². The van der Waals surface area contributed by atoms with Crippen LogP contribution in [0.2, 0.25) is 0 Å². The van der Waals surface area contributed by atoms with E-state index in [0.717, 1.165) is 0 Å². The molecule has 2 aromatic carbocycles. The Labute approximate surface area is 149 Å². The monoisotopic (exact) mass is 404 g/mol. The SMILES string of the molecule is O=C(Nc1ccc(Br)cc1C(=O)O)c1cc(-c2ccc(F)cc2)on1. The summed E-state index contributed by atoms with van der Waals surface area (Å²) in [6, 6.07) is 11.4. The highest BCUT2D eigenvalue weighted by atomic mass is 79.9. The molecule has 2 N–H and O–H groups in total. The number of anilines is 1. The van der Waals surface area contributed by atoms with Gasteiger partial charge in [-0.05, 0) is 42.5 Å². The highest BCUT2D eigenvalue weighted by molar-refractivity contribution is 9.10. The van der Waals surface area contributed by atoms with Crippen molar-refractivity contribution in [2.45, 2.75) is 0 Å². The molecule has 3 aromatic rings. The third kappa shape index (κ3) is 3.74. The first-order valence-electron chi connectivity index (χ1n) is 7.01. The van der Waals surface area contributed by atoms with E-state index in [4.69, 9.17) is 4.52 Å². The standard InChI is InChI=1S/C17H10BrFN2O4/c18-10-3-6-13(12(7-10)17(23)24)20-16(22)14-8-15(25-21-14)9-1-4-11(19)5-2-9/h1-8H,(H,20,22)(H,23,24). The summed E-state index contributed by atoms with van der Waals surface area (Å²) in [6.45, 7) is 0. The van der Waals surface area contributed by atoms with E-state index in [0.29, 0.717) is 15.8 Å². The van der Waals surface area contributed by atoms with E-state index in [-0.39, 0.29) is 16.9 Å². The van der Waals surface area contributed by atoms with Gasteiger partial charge in [-0.15, -0.1) is 0 Å². The molecule has 0 aliphatic rings. The van der Waals surface area contributed by atoms with E-state index in [1.165, 1.54) is 42.5 Å². The normalized spacial score (nSPS) is 10.5. The quantitative estimate of drug-likeness (QED) is 0.679. The van der Waals surface area contributed by atoms with Crippen molar-refractivity contribution < 1.29 is 23.6 Å². The topological polar surface area (TPSA) is 92.4 Å². The molecule has 0 atom stereocenters. The Morgan fingerprint density at radius 3 is 2.52 bits per heavy atom. The zero-order chi connectivity index (χ0) is 18.0. The molecule has 0 fully saturated rings. The smallest absolute Gasteiger partial charge is 0.337 e. The highest BCUT2D eigenvalue weighted by Gasteiger charge is 2.17. The summed E-state index contributed by atoms with van der Waals surface area (Å²) >= 11 is 3.18. The van der Waals surface area contributed by atoms with E-state index < -0.39 is 17.7 Å². The molecule has 0 saturated heterocycles. The molecule has 0 bridgehead atoms. The molecule has 6 nitrogen and oxygen atoms in total. The van der Waals surface area contributed by atoms with Crippen molar-refractivity contribution >= 4 is 33.5 Å². The Hall–Kier alpha value is -3.00. The van der Waals surface area contributed by atoms with Crippen molar-refractivity contribution in [3.8, 4) is 11.3 Å². The summed E-state index contributed by atoms with van der Waals surface area (Å²) in [5.41, 5.74) is 0.596. The van der Waals surface area contributed by atoms with Gasteiger partial charge in [0.2, 0.25) is 0 Å². The molecular formula is C17H10BrFN2O4. The van der Waals surface area contributed by atoms with Crippen LogP contribution in [0.5, 0.6) is 0 Å². The minimum atomic E-state index is -1.18. The van der Waals surface area contributed by atoms with Crippen LogP contribution in [0.3, 0.4) is 0 Å². The second kappa shape index (κ2) is 6.86. The predicted molar refractivity (Wildman–Crippen MR) is 91.0 cm³/mol. The van der Waals surface area contributed by atoms with Crippen LogP contribution in [-0.4, -0.2) is 22.1 Å². The van der Waals surface area contributed by atoms with Gasteiger partial charge >= 0.3 is 5.97 Å². The summed E-state index contributed by atoms with van der Waals surface area (Å²) < 4.78 is 18.6. The Bertz CT molecular complexity index is 954. The fourth-order valence-corrected chi connectivity index (χ4v) is 2.48. The number of aromatic nitrogens is 1. The number of hydrogen-bond acceptors (Lipinski definition) is 4. The number of nitrogens with one attached hydrogen (secondary N) is 1. The van der Waals surface area contributed by atoms with Crippen molar-refractivity contribution in [1.82, 2.24) is 5.16 Å². The lowest BCUT2D eigenvalue weighted by Crippen LogP contribution is -2.15. The van der Waals surface area contributed by atoms with E-state index >= 15 is 0 Å². The molecule has 126 valence electrons. The number of carbonyl (C=O) groups excluding carboxylic acids is 1. The third-order valence-corrected chi connectivity index (χ3v) is 3.83. The van der Waals surface area contributed by atoms with Gasteiger partial charge in [-0.25, -0.2) is 9.18 Å². The van der Waals surface area contributed by atoms with E-state index in [1.54, 1.807) is 6.07 Å². The van der Waals surface area contributed by atoms with Gasteiger partial charge in [-0.2, -0.15) is 0 Å². The molecule has 0 unspecified atom stereocenters. The number of amides is 1. The lowest BCUT2D eigenvalue weighted by atomic mass is 10.1. The van der Waals surface area contributed by atoms with E-state index in [2.05, 4.69) is 26.4 Å². The molecule has 0 radical (unpaired) electrons. The summed E-state index contributed by atoms with van der Waals surface area (Å²) in [4.78, 5) is 23.5. The first-order valence-corrected chi connectivity index (χ1v) is 7.80. The Morgan fingerprint density at radius 1 is 1.12 bits per heavy atom. The fourth-order valence-electron chi connectivity index (χ4n) is 2.12. The first kappa shape index (κ1) is 16.8. The fraction of sp³-hybridized carbons (Fsp3) is 0. The molecule has 3 rings (SSSR count). The second-order valence-electron chi connectivity index (χ2n) is 5.03. The molecule has 0 saturated carbocycles. The van der Waals surface area contributed by atoms with Gasteiger partial charge in [0.1, 0.15) is 5.82 Å². The average Bonchev–Trinajstić information content (AvgIpc) is 3.07. The summed E-state index contributed by atoms with van der Waals surface area (Å²) in [7, 11) is 0. The van der Waals surface area contributed by atoms with Crippen LogP contribution < -0.4 is 5.32 Å². The average molecular weight is 405 g/mol. The number of carboxylic acids is 1. The van der Waals surface area contributed by atoms with Crippen LogP contribution in [0, 0.1) is 5.82 Å².